The van der Waals surface area contributed by atoms with Crippen molar-refractivity contribution < 1.29 is 37.0 Å². The maximum absolute atomic E-state index is 13.7. The number of ketones is 1. The summed E-state index contributed by atoms with van der Waals surface area (Å²) in [7, 11) is -0.966. The lowest BCUT2D eigenvalue weighted by Crippen LogP contribution is -2.33. The smallest absolute Gasteiger partial charge is 0.265 e. The summed E-state index contributed by atoms with van der Waals surface area (Å²) < 4.78 is 44.8. The van der Waals surface area contributed by atoms with Gasteiger partial charge in [-0.1, -0.05) is 74.4 Å². The highest BCUT2D eigenvalue weighted by Crippen LogP contribution is 2.39. The van der Waals surface area contributed by atoms with Crippen molar-refractivity contribution >= 4 is 39.0 Å². The van der Waals surface area contributed by atoms with E-state index in [1.165, 1.54) is 54.4 Å². The Morgan fingerprint density at radius 1 is 0.736 bits per heavy atom. The summed E-state index contributed by atoms with van der Waals surface area (Å²) in [6.45, 7) is 19.0. The number of carbonyl (C=O) groups is 3. The maximum atomic E-state index is 13.7. The van der Waals surface area contributed by atoms with Crippen LogP contribution in [0.15, 0.2) is 59.5 Å². The van der Waals surface area contributed by atoms with Crippen molar-refractivity contribution in [3.8, 4) is 17.2 Å². The number of Topliss-reactive ketones (excluding diaryl/α,β-unsaturated/α-hetero) is 1. The summed E-state index contributed by atoms with van der Waals surface area (Å²) in [6, 6.07) is 14.9. The van der Waals surface area contributed by atoms with Crippen molar-refractivity contribution in [2.75, 3.05) is 37.9 Å². The molecule has 2 N–H and O–H groups in total. The van der Waals surface area contributed by atoms with E-state index in [1.54, 1.807) is 19.9 Å². The van der Waals surface area contributed by atoms with Gasteiger partial charge in [0.15, 0.2) is 11.9 Å². The molecule has 0 saturated heterocycles. The average Bonchev–Trinajstić information content (AvgIpc) is 3.13. The first-order valence-corrected chi connectivity index (χ1v) is 19.7. The molecule has 0 fully saturated rings. The van der Waals surface area contributed by atoms with Crippen molar-refractivity contribution in [3.05, 3.63) is 71.3 Å². The van der Waals surface area contributed by atoms with Crippen LogP contribution in [0.5, 0.6) is 17.2 Å². The Bertz CT molecular complexity index is 1880. The molecule has 0 aliphatic carbocycles. The molecule has 11 nitrogen and oxygen atoms in total. The van der Waals surface area contributed by atoms with Gasteiger partial charge in [-0.05, 0) is 78.1 Å². The minimum Gasteiger partial charge on any atom is -0.495 e. The van der Waals surface area contributed by atoms with Crippen LogP contribution < -0.4 is 24.8 Å². The first-order chi connectivity index (χ1) is 24.9. The third kappa shape index (κ3) is 10.2. The standard InChI is InChI=1S/C41H57N3O8S/c1-12-34(52-35-21-18-28(40(6,7)13-2)24-30(35)41(8,9)14-3)39(47)43-31-23-27(17-20-36(31)50-10)33(45)26-38(46)42-32-25-29(19-22-37(32)51-11)53(48,49)44(15-4)16-5/h17-25,34H,12-16,26H2,1-11H3,(H,42,46)(H,43,47). The van der Waals surface area contributed by atoms with Gasteiger partial charge in [-0.15, -0.1) is 0 Å². The number of benzene rings is 3. The number of rotatable bonds is 19. The highest BCUT2D eigenvalue weighted by Gasteiger charge is 2.30. The van der Waals surface area contributed by atoms with Crippen molar-refractivity contribution in [1.29, 1.82) is 0 Å². The van der Waals surface area contributed by atoms with Gasteiger partial charge in [-0.25, -0.2) is 8.42 Å². The SMILES string of the molecule is CCC(Oc1ccc(C(C)(C)CC)cc1C(C)(C)CC)C(=O)Nc1cc(C(=O)CC(=O)Nc2cc(S(=O)(=O)N(CC)CC)ccc2OC)ccc1OC. The minimum atomic E-state index is -3.81. The molecule has 53 heavy (non-hydrogen) atoms. The van der Waals surface area contributed by atoms with Crippen LogP contribution in [0.2, 0.25) is 0 Å². The molecule has 3 rings (SSSR count). The van der Waals surface area contributed by atoms with Crippen molar-refractivity contribution in [1.82, 2.24) is 4.31 Å². The molecule has 0 radical (unpaired) electrons. The number of amides is 2. The van der Waals surface area contributed by atoms with E-state index in [2.05, 4.69) is 64.3 Å². The number of anilines is 2. The van der Waals surface area contributed by atoms with Gasteiger partial charge in [-0.3, -0.25) is 14.4 Å². The molecular formula is C41H57N3O8S. The molecule has 0 saturated carbocycles. The van der Waals surface area contributed by atoms with E-state index >= 15 is 0 Å². The summed E-state index contributed by atoms with van der Waals surface area (Å²) in [6.07, 6.45) is 0.813. The Kier molecular flexibility index (Phi) is 14.7. The number of nitrogens with zero attached hydrogens (tertiary/aromatic N) is 1. The molecular weight excluding hydrogens is 695 g/mol. The van der Waals surface area contributed by atoms with Crippen LogP contribution >= 0.6 is 0 Å². The minimum absolute atomic E-state index is 0.0173. The molecule has 3 aromatic carbocycles. The second-order valence-electron chi connectivity index (χ2n) is 14.2. The second-order valence-corrected chi connectivity index (χ2v) is 16.1. The van der Waals surface area contributed by atoms with Crippen LogP contribution in [0.4, 0.5) is 11.4 Å². The van der Waals surface area contributed by atoms with Crippen LogP contribution in [-0.4, -0.2) is 63.7 Å². The summed E-state index contributed by atoms with van der Waals surface area (Å²) in [5.41, 5.74) is 2.53. The van der Waals surface area contributed by atoms with E-state index in [9.17, 15) is 22.8 Å². The second kappa shape index (κ2) is 18.1. The van der Waals surface area contributed by atoms with Crippen LogP contribution in [0.3, 0.4) is 0 Å². The van der Waals surface area contributed by atoms with Crippen LogP contribution in [0.1, 0.15) is 109 Å². The van der Waals surface area contributed by atoms with E-state index in [1.807, 2.05) is 13.0 Å². The highest BCUT2D eigenvalue weighted by atomic mass is 32.2. The Hall–Kier alpha value is -4.42. The fourth-order valence-corrected chi connectivity index (χ4v) is 7.23. The van der Waals surface area contributed by atoms with E-state index in [0.717, 1.165) is 18.4 Å². The highest BCUT2D eigenvalue weighted by molar-refractivity contribution is 7.89. The molecule has 1 atom stereocenters. The largest absolute Gasteiger partial charge is 0.495 e. The van der Waals surface area contributed by atoms with Gasteiger partial charge in [-0.2, -0.15) is 4.31 Å². The van der Waals surface area contributed by atoms with E-state index in [0.29, 0.717) is 17.9 Å². The third-order valence-corrected chi connectivity index (χ3v) is 12.1. The predicted octanol–water partition coefficient (Wildman–Crippen LogP) is 8.12. The van der Waals surface area contributed by atoms with E-state index in [-0.39, 0.29) is 51.5 Å². The predicted molar refractivity (Wildman–Crippen MR) is 210 cm³/mol. The number of hydrogen-bond acceptors (Lipinski definition) is 8. The fourth-order valence-electron chi connectivity index (χ4n) is 5.75. The average molecular weight is 752 g/mol. The van der Waals surface area contributed by atoms with Gasteiger partial charge in [0, 0.05) is 24.2 Å². The zero-order valence-electron chi connectivity index (χ0n) is 33.1. The van der Waals surface area contributed by atoms with Crippen molar-refractivity contribution in [2.45, 2.75) is 110 Å². The zero-order chi connectivity index (χ0) is 39.7. The number of carbonyl (C=O) groups excluding carboxylic acids is 3. The van der Waals surface area contributed by atoms with Crippen molar-refractivity contribution in [2.24, 2.45) is 0 Å². The Morgan fingerprint density at radius 2 is 1.30 bits per heavy atom. The summed E-state index contributed by atoms with van der Waals surface area (Å²) in [5, 5.41) is 5.49. The molecule has 0 aliphatic heterocycles. The van der Waals surface area contributed by atoms with Gasteiger partial charge in [0.25, 0.3) is 5.91 Å². The number of hydrogen-bond donors (Lipinski definition) is 2. The number of methoxy groups -OCH3 is 2. The van der Waals surface area contributed by atoms with Crippen molar-refractivity contribution in [3.63, 3.8) is 0 Å². The van der Waals surface area contributed by atoms with Gasteiger partial charge >= 0.3 is 0 Å². The van der Waals surface area contributed by atoms with Gasteiger partial charge < -0.3 is 24.8 Å². The van der Waals surface area contributed by atoms with Gasteiger partial charge in [0.2, 0.25) is 15.9 Å². The number of ether oxygens (including phenoxy) is 3. The summed E-state index contributed by atoms with van der Waals surface area (Å²) in [5.74, 6) is -0.425. The monoisotopic (exact) mass is 751 g/mol. The quantitative estimate of drug-likeness (QED) is 0.0925. The number of sulfonamides is 1. The fraction of sp³-hybridized carbons (Fsp3) is 0.488. The molecule has 0 aliphatic rings. The Labute approximate surface area is 315 Å². The van der Waals surface area contributed by atoms with Gasteiger partial charge in [0.1, 0.15) is 17.2 Å². The molecule has 0 bridgehead atoms. The summed E-state index contributed by atoms with van der Waals surface area (Å²) >= 11 is 0. The first-order valence-electron chi connectivity index (χ1n) is 18.2. The molecule has 0 heterocycles. The Balaban J connectivity index is 1.84. The molecule has 12 heteroatoms. The topological polar surface area (TPSA) is 140 Å². The summed E-state index contributed by atoms with van der Waals surface area (Å²) in [4.78, 5) is 40.2. The molecule has 0 aromatic heterocycles. The molecule has 2 amide bonds. The first kappa shape index (κ1) is 43.0. The molecule has 3 aromatic rings. The lowest BCUT2D eigenvalue weighted by atomic mass is 9.76. The lowest BCUT2D eigenvalue weighted by molar-refractivity contribution is -0.123. The normalized spacial score (nSPS) is 12.6. The van der Waals surface area contributed by atoms with Gasteiger partial charge in [0.05, 0.1) is 36.9 Å². The third-order valence-electron chi connectivity index (χ3n) is 10.1. The lowest BCUT2D eigenvalue weighted by Gasteiger charge is -2.31. The van der Waals surface area contributed by atoms with E-state index in [4.69, 9.17) is 14.2 Å². The molecule has 1 unspecified atom stereocenters. The maximum Gasteiger partial charge on any atom is 0.265 e. The van der Waals surface area contributed by atoms with Crippen LogP contribution in [0, 0.1) is 0 Å². The zero-order valence-corrected chi connectivity index (χ0v) is 34.0. The molecule has 290 valence electrons. The van der Waals surface area contributed by atoms with Crippen LogP contribution in [0.25, 0.3) is 0 Å². The number of nitrogens with one attached hydrogen (secondary N) is 2. The van der Waals surface area contributed by atoms with Crippen LogP contribution in [-0.2, 0) is 30.4 Å². The molecule has 0 spiro atoms. The van der Waals surface area contributed by atoms with E-state index < -0.39 is 40.1 Å². The Morgan fingerprint density at radius 3 is 1.85 bits per heavy atom.